The predicted molar refractivity (Wildman–Crippen MR) is 53.7 cm³/mol. The van der Waals surface area contributed by atoms with Gasteiger partial charge in [0.05, 0.1) is 10.8 Å². The van der Waals surface area contributed by atoms with E-state index in [1.807, 2.05) is 0 Å². The summed E-state index contributed by atoms with van der Waals surface area (Å²) in [5, 5.41) is -5.67. The second kappa shape index (κ2) is 4.20. The number of fused-ring (bicyclic) bond motifs is 1. The first-order valence-electron chi connectivity index (χ1n) is 4.26. The van der Waals surface area contributed by atoms with Crippen LogP contribution in [0.15, 0.2) is 0 Å². The number of rotatable bonds is 0. The van der Waals surface area contributed by atoms with Gasteiger partial charge >= 0.3 is 0 Å². The van der Waals surface area contributed by atoms with Crippen molar-refractivity contribution in [2.45, 2.75) is 0 Å². The van der Waals surface area contributed by atoms with E-state index in [9.17, 15) is 26.3 Å². The maximum atomic E-state index is 13.4. The summed E-state index contributed by atoms with van der Waals surface area (Å²) in [4.78, 5) is 0. The number of benzene rings is 2. The van der Waals surface area contributed by atoms with E-state index in [0.29, 0.717) is 0 Å². The zero-order valence-electron chi connectivity index (χ0n) is 8.02. The van der Waals surface area contributed by atoms with Gasteiger partial charge in [0.1, 0.15) is 10.0 Å². The minimum atomic E-state index is -1.95. The monoisotopic (exact) mass is 304 g/mol. The van der Waals surface area contributed by atoms with Gasteiger partial charge in [-0.1, -0.05) is 23.2 Å². The minimum Gasteiger partial charge on any atom is -0.204 e. The van der Waals surface area contributed by atoms with Gasteiger partial charge < -0.3 is 0 Å². The molecule has 0 unspecified atom stereocenters. The first-order chi connectivity index (χ1) is 8.29. The van der Waals surface area contributed by atoms with Gasteiger partial charge in [-0.05, 0) is 0 Å². The summed E-state index contributed by atoms with van der Waals surface area (Å²) in [7, 11) is 0. The molecule has 0 fully saturated rings. The molecule has 0 radical (unpaired) electrons. The standard InChI is InChI=1S/C10Cl2F6/c11-3-5(13)1-2(8(16)10(3)18)6(14)4(12)9(17)7(1)15. The van der Waals surface area contributed by atoms with Crippen molar-refractivity contribution in [3.05, 3.63) is 44.9 Å². The van der Waals surface area contributed by atoms with Crippen molar-refractivity contribution < 1.29 is 26.3 Å². The van der Waals surface area contributed by atoms with E-state index in [4.69, 9.17) is 23.2 Å². The van der Waals surface area contributed by atoms with Crippen LogP contribution in [0.25, 0.3) is 10.8 Å². The molecule has 8 heteroatoms. The molecule has 0 N–H and O–H groups in total. The lowest BCUT2D eigenvalue weighted by atomic mass is 10.1. The molecule has 0 aliphatic heterocycles. The van der Waals surface area contributed by atoms with Crippen LogP contribution >= 0.6 is 23.2 Å². The maximum Gasteiger partial charge on any atom is 0.181 e. The van der Waals surface area contributed by atoms with Gasteiger partial charge in [0.25, 0.3) is 0 Å². The Morgan fingerprint density at radius 3 is 1.00 bits per heavy atom. The average Bonchev–Trinajstić information content (AvgIpc) is 2.35. The van der Waals surface area contributed by atoms with Gasteiger partial charge in [-0.3, -0.25) is 0 Å². The highest BCUT2D eigenvalue weighted by molar-refractivity contribution is 6.33. The SMILES string of the molecule is Fc1c(Cl)c(F)c2c(F)c(F)c(Cl)c(F)c2c1F. The predicted octanol–water partition coefficient (Wildman–Crippen LogP) is 4.98. The molecule has 0 atom stereocenters. The fourth-order valence-electron chi connectivity index (χ4n) is 1.46. The Balaban J connectivity index is 3.22. The Labute approximate surface area is 106 Å². The summed E-state index contributed by atoms with van der Waals surface area (Å²) < 4.78 is 79.8. The molecule has 0 nitrogen and oxygen atoms in total. The maximum absolute atomic E-state index is 13.4. The Morgan fingerprint density at radius 2 is 0.722 bits per heavy atom. The molecule has 2 aromatic carbocycles. The van der Waals surface area contributed by atoms with Gasteiger partial charge in [0, 0.05) is 0 Å². The topological polar surface area (TPSA) is 0 Å². The molecule has 2 aromatic rings. The van der Waals surface area contributed by atoms with Crippen LogP contribution in [0.1, 0.15) is 0 Å². The van der Waals surface area contributed by atoms with E-state index in [1.165, 1.54) is 0 Å². The van der Waals surface area contributed by atoms with Crippen LogP contribution in [0.4, 0.5) is 26.3 Å². The van der Waals surface area contributed by atoms with E-state index in [0.717, 1.165) is 0 Å². The van der Waals surface area contributed by atoms with Crippen LogP contribution in [-0.4, -0.2) is 0 Å². The summed E-state index contributed by atoms with van der Waals surface area (Å²) in [6.45, 7) is 0. The Kier molecular flexibility index (Phi) is 3.11. The molecule has 96 valence electrons. The fraction of sp³-hybridized carbons (Fsp3) is 0. The lowest BCUT2D eigenvalue weighted by Crippen LogP contribution is -2.02. The van der Waals surface area contributed by atoms with E-state index in [1.54, 1.807) is 0 Å². The molecular formula is C10Cl2F6. The van der Waals surface area contributed by atoms with Gasteiger partial charge in [-0.15, -0.1) is 0 Å². The van der Waals surface area contributed by atoms with Crippen LogP contribution < -0.4 is 0 Å². The molecular weight excluding hydrogens is 305 g/mol. The molecule has 0 saturated carbocycles. The zero-order valence-corrected chi connectivity index (χ0v) is 9.54. The Morgan fingerprint density at radius 1 is 0.444 bits per heavy atom. The third-order valence-electron chi connectivity index (χ3n) is 2.28. The normalized spacial score (nSPS) is 11.3. The second-order valence-corrected chi connectivity index (χ2v) is 4.02. The van der Waals surface area contributed by atoms with E-state index in [-0.39, 0.29) is 0 Å². The highest BCUT2D eigenvalue weighted by atomic mass is 35.5. The van der Waals surface area contributed by atoms with Crippen molar-refractivity contribution in [2.75, 3.05) is 0 Å². The van der Waals surface area contributed by atoms with Crippen LogP contribution in [0.3, 0.4) is 0 Å². The van der Waals surface area contributed by atoms with Gasteiger partial charge in [-0.25, -0.2) is 26.3 Å². The lowest BCUT2D eigenvalue weighted by molar-refractivity contribution is 0.482. The van der Waals surface area contributed by atoms with Crippen molar-refractivity contribution in [1.29, 1.82) is 0 Å². The van der Waals surface area contributed by atoms with Crippen LogP contribution in [0, 0.1) is 34.9 Å². The van der Waals surface area contributed by atoms with Crippen molar-refractivity contribution in [2.24, 2.45) is 0 Å². The molecule has 0 saturated heterocycles. The quantitative estimate of drug-likeness (QED) is 0.366. The van der Waals surface area contributed by atoms with Crippen LogP contribution in [-0.2, 0) is 0 Å². The Bertz CT molecular complexity index is 569. The van der Waals surface area contributed by atoms with Crippen LogP contribution in [0.2, 0.25) is 10.0 Å². The van der Waals surface area contributed by atoms with Gasteiger partial charge in [0.2, 0.25) is 0 Å². The van der Waals surface area contributed by atoms with E-state index < -0.39 is 55.7 Å². The number of halogens is 8. The smallest absolute Gasteiger partial charge is 0.181 e. The molecule has 0 bridgehead atoms. The molecule has 0 aliphatic rings. The summed E-state index contributed by atoms with van der Waals surface area (Å²) in [6, 6.07) is 0. The molecule has 2 rings (SSSR count). The molecule has 0 heterocycles. The summed E-state index contributed by atoms with van der Waals surface area (Å²) in [5.74, 6) is -11.3. The zero-order chi connectivity index (χ0) is 13.8. The second-order valence-electron chi connectivity index (χ2n) is 3.26. The number of hydrogen-bond acceptors (Lipinski definition) is 0. The highest BCUT2D eigenvalue weighted by Gasteiger charge is 2.28. The van der Waals surface area contributed by atoms with E-state index in [2.05, 4.69) is 0 Å². The first-order valence-corrected chi connectivity index (χ1v) is 5.02. The highest BCUT2D eigenvalue weighted by Crippen LogP contribution is 2.37. The summed E-state index contributed by atoms with van der Waals surface area (Å²) in [6.07, 6.45) is 0. The van der Waals surface area contributed by atoms with Crippen molar-refractivity contribution in [3.8, 4) is 0 Å². The number of hydrogen-bond donors (Lipinski definition) is 0. The average molecular weight is 305 g/mol. The first kappa shape index (κ1) is 13.3. The summed E-state index contributed by atoms with van der Waals surface area (Å²) >= 11 is 10.1. The lowest BCUT2D eigenvalue weighted by Gasteiger charge is -2.09. The molecule has 0 spiro atoms. The van der Waals surface area contributed by atoms with Gasteiger partial charge in [-0.2, -0.15) is 0 Å². The third-order valence-corrected chi connectivity index (χ3v) is 2.95. The van der Waals surface area contributed by atoms with Gasteiger partial charge in [0.15, 0.2) is 34.9 Å². The third kappa shape index (κ3) is 1.55. The molecule has 0 aromatic heterocycles. The van der Waals surface area contributed by atoms with Crippen molar-refractivity contribution in [3.63, 3.8) is 0 Å². The van der Waals surface area contributed by atoms with Crippen molar-refractivity contribution >= 4 is 34.0 Å². The largest absolute Gasteiger partial charge is 0.204 e. The molecule has 0 aliphatic carbocycles. The molecule has 0 amide bonds. The van der Waals surface area contributed by atoms with E-state index >= 15 is 0 Å². The van der Waals surface area contributed by atoms with Crippen molar-refractivity contribution in [1.82, 2.24) is 0 Å². The molecule has 18 heavy (non-hydrogen) atoms. The Hall–Kier alpha value is -1.14. The fourth-order valence-corrected chi connectivity index (χ4v) is 1.81. The summed E-state index contributed by atoms with van der Waals surface area (Å²) in [5.41, 5.74) is 0. The van der Waals surface area contributed by atoms with Crippen LogP contribution in [0.5, 0.6) is 0 Å². The minimum absolute atomic E-state index is 1.40.